The van der Waals surface area contributed by atoms with Crippen LogP contribution in [0.2, 0.25) is 0 Å². The van der Waals surface area contributed by atoms with Crippen molar-refractivity contribution in [1.29, 1.82) is 0 Å². The van der Waals surface area contributed by atoms with Gasteiger partial charge in [-0.25, -0.2) is 0 Å². The molecule has 2 rings (SSSR count). The van der Waals surface area contributed by atoms with Crippen molar-refractivity contribution in [2.75, 3.05) is 23.7 Å². The van der Waals surface area contributed by atoms with Crippen molar-refractivity contribution in [2.24, 2.45) is 5.92 Å². The second kappa shape index (κ2) is 6.54. The van der Waals surface area contributed by atoms with Crippen LogP contribution >= 0.6 is 0 Å². The largest absolute Gasteiger partial charge is 0.326 e. The summed E-state index contributed by atoms with van der Waals surface area (Å²) in [6.07, 6.45) is 0. The summed E-state index contributed by atoms with van der Waals surface area (Å²) in [4.78, 5) is 23.6. The Labute approximate surface area is 124 Å². The molecule has 1 heterocycles. The van der Waals surface area contributed by atoms with Crippen LogP contribution in [0.5, 0.6) is 0 Å². The molecule has 21 heavy (non-hydrogen) atoms. The van der Waals surface area contributed by atoms with Crippen LogP contribution in [-0.4, -0.2) is 24.9 Å². The van der Waals surface area contributed by atoms with Crippen LogP contribution in [0, 0.1) is 5.92 Å². The Kier molecular flexibility index (Phi) is 4.75. The molecule has 3 N–H and O–H groups in total. The van der Waals surface area contributed by atoms with Crippen molar-refractivity contribution in [2.45, 2.75) is 20.8 Å². The molecule has 0 unspecified atom stereocenters. The predicted molar refractivity (Wildman–Crippen MR) is 84.1 cm³/mol. The Hall–Kier alpha value is -2.14. The summed E-state index contributed by atoms with van der Waals surface area (Å²) >= 11 is 0. The minimum atomic E-state index is -0.0783. The average molecular weight is 287 g/mol. The van der Waals surface area contributed by atoms with E-state index in [1.807, 2.05) is 20.8 Å². The number of anilines is 2. The molecular formula is C16H21N3O2. The van der Waals surface area contributed by atoms with Gasteiger partial charge < -0.3 is 16.0 Å². The van der Waals surface area contributed by atoms with Crippen molar-refractivity contribution in [3.63, 3.8) is 0 Å². The van der Waals surface area contributed by atoms with Gasteiger partial charge in [0, 0.05) is 36.0 Å². The van der Waals surface area contributed by atoms with E-state index in [2.05, 4.69) is 16.0 Å². The molecular weight excluding hydrogens is 266 g/mol. The molecule has 1 fully saturated rings. The van der Waals surface area contributed by atoms with Crippen molar-refractivity contribution in [3.05, 3.63) is 35.4 Å². The minimum absolute atomic E-state index is 0.0233. The number of nitrogens with one attached hydrogen (secondary N) is 3. The Morgan fingerprint density at radius 3 is 2.00 bits per heavy atom. The Balaban J connectivity index is 1.96. The van der Waals surface area contributed by atoms with Crippen LogP contribution in [0.3, 0.4) is 0 Å². The van der Waals surface area contributed by atoms with Gasteiger partial charge in [-0.15, -0.1) is 0 Å². The maximum absolute atomic E-state index is 12.0. The fraction of sp³-hybridized carbons (Fsp3) is 0.375. The number of carbonyl (C=O) groups excluding carboxylic acids is 2. The number of rotatable bonds is 4. The molecule has 1 aliphatic rings. The van der Waals surface area contributed by atoms with E-state index in [1.54, 1.807) is 24.3 Å². The first-order valence-electron chi connectivity index (χ1n) is 7.09. The van der Waals surface area contributed by atoms with Crippen molar-refractivity contribution in [1.82, 2.24) is 5.32 Å². The standard InChI is InChI=1S/C16H21N3O2/c1-10(2)15(20)18-13-4-6-14(7-5-13)19-16(21)11(3)12-8-17-9-12/h4-7,10,17H,8-9H2,1-3H3,(H,18,20)(H,19,21). The molecule has 5 nitrogen and oxygen atoms in total. The second-order valence-corrected chi connectivity index (χ2v) is 5.51. The van der Waals surface area contributed by atoms with Gasteiger partial charge in [0.2, 0.25) is 5.91 Å². The van der Waals surface area contributed by atoms with E-state index in [1.165, 1.54) is 0 Å². The molecule has 2 amide bonds. The topological polar surface area (TPSA) is 70.2 Å². The first-order chi connectivity index (χ1) is 9.97. The summed E-state index contributed by atoms with van der Waals surface area (Å²) in [6, 6.07) is 7.13. The van der Waals surface area contributed by atoms with Gasteiger partial charge in [0.05, 0.1) is 0 Å². The molecule has 0 radical (unpaired) electrons. The normalized spacial score (nSPS) is 13.6. The van der Waals surface area contributed by atoms with Gasteiger partial charge in [-0.1, -0.05) is 13.8 Å². The number of hydrogen-bond acceptors (Lipinski definition) is 3. The molecule has 1 saturated heterocycles. The molecule has 0 atom stereocenters. The second-order valence-electron chi connectivity index (χ2n) is 5.51. The number of carbonyl (C=O) groups is 2. The molecule has 0 bridgehead atoms. The SMILES string of the molecule is CC(C(=O)Nc1ccc(NC(=O)C(C)C)cc1)=C1CNC1. The molecule has 1 aromatic rings. The molecule has 1 aliphatic heterocycles. The van der Waals surface area contributed by atoms with E-state index in [9.17, 15) is 9.59 Å². The first-order valence-corrected chi connectivity index (χ1v) is 7.09. The summed E-state index contributed by atoms with van der Waals surface area (Å²) in [7, 11) is 0. The fourth-order valence-corrected chi connectivity index (χ4v) is 1.82. The fourth-order valence-electron chi connectivity index (χ4n) is 1.82. The van der Waals surface area contributed by atoms with Crippen LogP contribution in [-0.2, 0) is 9.59 Å². The summed E-state index contributed by atoms with van der Waals surface area (Å²) in [6.45, 7) is 7.10. The van der Waals surface area contributed by atoms with Crippen molar-refractivity contribution < 1.29 is 9.59 Å². The highest BCUT2D eigenvalue weighted by atomic mass is 16.2. The zero-order valence-corrected chi connectivity index (χ0v) is 12.6. The predicted octanol–water partition coefficient (Wildman–Crippen LogP) is 2.14. The van der Waals surface area contributed by atoms with Crippen LogP contribution in [0.4, 0.5) is 11.4 Å². The van der Waals surface area contributed by atoms with Crippen molar-refractivity contribution >= 4 is 23.2 Å². The monoisotopic (exact) mass is 287 g/mol. The van der Waals surface area contributed by atoms with E-state index < -0.39 is 0 Å². The highest BCUT2D eigenvalue weighted by Gasteiger charge is 2.16. The first kappa shape index (κ1) is 15.3. The lowest BCUT2D eigenvalue weighted by Gasteiger charge is -2.21. The quantitative estimate of drug-likeness (QED) is 0.743. The summed E-state index contributed by atoms with van der Waals surface area (Å²) < 4.78 is 0. The third kappa shape index (κ3) is 3.92. The van der Waals surface area contributed by atoms with E-state index in [4.69, 9.17) is 0 Å². The molecule has 0 spiro atoms. The van der Waals surface area contributed by atoms with Gasteiger partial charge in [-0.2, -0.15) is 0 Å². The zero-order chi connectivity index (χ0) is 15.4. The van der Waals surface area contributed by atoms with Crippen LogP contribution in [0.1, 0.15) is 20.8 Å². The lowest BCUT2D eigenvalue weighted by atomic mass is 10.0. The van der Waals surface area contributed by atoms with Crippen LogP contribution < -0.4 is 16.0 Å². The smallest absolute Gasteiger partial charge is 0.251 e. The third-order valence-corrected chi connectivity index (χ3v) is 3.48. The third-order valence-electron chi connectivity index (χ3n) is 3.48. The van der Waals surface area contributed by atoms with Gasteiger partial charge >= 0.3 is 0 Å². The number of benzene rings is 1. The Morgan fingerprint density at radius 2 is 1.57 bits per heavy atom. The van der Waals surface area contributed by atoms with Gasteiger partial charge in [-0.3, -0.25) is 9.59 Å². The lowest BCUT2D eigenvalue weighted by Crippen LogP contribution is -2.36. The average Bonchev–Trinajstić information content (AvgIpc) is 2.38. The maximum atomic E-state index is 12.0. The highest BCUT2D eigenvalue weighted by molar-refractivity contribution is 6.04. The highest BCUT2D eigenvalue weighted by Crippen LogP contribution is 2.16. The van der Waals surface area contributed by atoms with Gasteiger partial charge in [0.1, 0.15) is 0 Å². The molecule has 1 aromatic carbocycles. The van der Waals surface area contributed by atoms with Gasteiger partial charge in [0.25, 0.3) is 5.91 Å². The van der Waals surface area contributed by atoms with Gasteiger partial charge in [0.15, 0.2) is 0 Å². The summed E-state index contributed by atoms with van der Waals surface area (Å²) in [5.74, 6) is -0.162. The summed E-state index contributed by atoms with van der Waals surface area (Å²) in [5, 5.41) is 8.79. The molecule has 5 heteroatoms. The zero-order valence-electron chi connectivity index (χ0n) is 12.6. The van der Waals surface area contributed by atoms with Crippen LogP contribution in [0.15, 0.2) is 35.4 Å². The van der Waals surface area contributed by atoms with Crippen molar-refractivity contribution in [3.8, 4) is 0 Å². The van der Waals surface area contributed by atoms with E-state index in [0.717, 1.165) is 35.6 Å². The lowest BCUT2D eigenvalue weighted by molar-refractivity contribution is -0.119. The number of amides is 2. The molecule has 0 aromatic heterocycles. The van der Waals surface area contributed by atoms with Gasteiger partial charge in [-0.05, 0) is 36.8 Å². The Morgan fingerprint density at radius 1 is 1.05 bits per heavy atom. The molecule has 0 aliphatic carbocycles. The minimum Gasteiger partial charge on any atom is -0.326 e. The molecule has 0 saturated carbocycles. The number of hydrogen-bond donors (Lipinski definition) is 3. The van der Waals surface area contributed by atoms with E-state index >= 15 is 0 Å². The van der Waals surface area contributed by atoms with E-state index in [0.29, 0.717) is 0 Å². The summed E-state index contributed by atoms with van der Waals surface area (Å²) in [5.41, 5.74) is 3.36. The van der Waals surface area contributed by atoms with Crippen LogP contribution in [0.25, 0.3) is 0 Å². The maximum Gasteiger partial charge on any atom is 0.251 e. The Bertz CT molecular complexity index is 568. The van der Waals surface area contributed by atoms with E-state index in [-0.39, 0.29) is 17.7 Å². The molecule has 112 valence electrons.